The molecule has 2 amide bonds. The van der Waals surface area contributed by atoms with Crippen molar-refractivity contribution in [2.75, 3.05) is 24.5 Å². The van der Waals surface area contributed by atoms with Gasteiger partial charge in [0.15, 0.2) is 5.82 Å². The molecule has 2 aromatic carbocycles. The van der Waals surface area contributed by atoms with E-state index in [1.807, 2.05) is 49.4 Å². The van der Waals surface area contributed by atoms with Gasteiger partial charge < -0.3 is 14.7 Å². The third-order valence-electron chi connectivity index (χ3n) is 6.17. The van der Waals surface area contributed by atoms with Crippen molar-refractivity contribution in [1.29, 1.82) is 5.26 Å². The summed E-state index contributed by atoms with van der Waals surface area (Å²) < 4.78 is 7.46. The number of hydrogen-bond acceptors (Lipinski definition) is 5. The first kappa shape index (κ1) is 25.8. The molecule has 0 aliphatic carbocycles. The average molecular weight is 502 g/mol. The maximum absolute atomic E-state index is 13.4. The molecule has 1 aliphatic rings. The van der Waals surface area contributed by atoms with E-state index in [-0.39, 0.29) is 12.5 Å². The van der Waals surface area contributed by atoms with Gasteiger partial charge in [0, 0.05) is 31.3 Å². The number of nitrogens with zero attached hydrogens (tertiary/aromatic N) is 5. The number of carboxylic acid groups (broad SMARTS) is 1. The number of carbonyl (C=O) groups excluding carboxylic acids is 1. The zero-order chi connectivity index (χ0) is 26.7. The molecular formula is C28H31N5O4. The Hall–Kier alpha value is -4.32. The van der Waals surface area contributed by atoms with Gasteiger partial charge in [0.05, 0.1) is 23.0 Å². The number of rotatable bonds is 5. The van der Waals surface area contributed by atoms with E-state index in [1.54, 1.807) is 37.6 Å². The molecule has 1 aromatic heterocycles. The summed E-state index contributed by atoms with van der Waals surface area (Å²) in [6, 6.07) is 19.0. The number of benzene rings is 2. The van der Waals surface area contributed by atoms with E-state index in [0.29, 0.717) is 30.9 Å². The van der Waals surface area contributed by atoms with Crippen LogP contribution in [0.25, 0.3) is 16.9 Å². The highest BCUT2D eigenvalue weighted by Gasteiger charge is 2.33. The molecule has 3 aromatic rings. The summed E-state index contributed by atoms with van der Waals surface area (Å²) in [6.45, 7) is 8.47. The number of anilines is 1. The lowest BCUT2D eigenvalue weighted by Crippen LogP contribution is -2.40. The standard InChI is InChI=1S/C28H31N5O4/c1-19-5-9-22(10-6-19)24-15-25(30-33(24)23-11-7-20(16-29)8-12-23)32(27(36)37-28(2,3)4)18-21-13-14-31(17-21)26(34)35/h5-12,15,21H,13-14,17-18H2,1-4H3,(H,34,35)/t21-/m0/s1. The second-order valence-corrected chi connectivity index (χ2v) is 10.3. The third-order valence-corrected chi connectivity index (χ3v) is 6.17. The largest absolute Gasteiger partial charge is 0.465 e. The quantitative estimate of drug-likeness (QED) is 0.497. The van der Waals surface area contributed by atoms with Gasteiger partial charge in [-0.25, -0.2) is 14.3 Å². The van der Waals surface area contributed by atoms with Gasteiger partial charge >= 0.3 is 12.2 Å². The fourth-order valence-corrected chi connectivity index (χ4v) is 4.30. The van der Waals surface area contributed by atoms with Crippen LogP contribution in [0.5, 0.6) is 0 Å². The molecule has 2 heterocycles. The lowest BCUT2D eigenvalue weighted by atomic mass is 10.1. The van der Waals surface area contributed by atoms with Gasteiger partial charge in [0.1, 0.15) is 5.60 Å². The summed E-state index contributed by atoms with van der Waals surface area (Å²) in [6.07, 6.45) is -0.855. The van der Waals surface area contributed by atoms with Crippen molar-refractivity contribution in [1.82, 2.24) is 14.7 Å². The maximum Gasteiger partial charge on any atom is 0.416 e. The third kappa shape index (κ3) is 6.09. The molecule has 1 aliphatic heterocycles. The predicted octanol–water partition coefficient (Wildman–Crippen LogP) is 5.46. The molecule has 0 unspecified atom stereocenters. The monoisotopic (exact) mass is 501 g/mol. The highest BCUT2D eigenvalue weighted by Crippen LogP contribution is 2.30. The maximum atomic E-state index is 13.4. The predicted molar refractivity (Wildman–Crippen MR) is 140 cm³/mol. The molecule has 0 spiro atoms. The summed E-state index contributed by atoms with van der Waals surface area (Å²) in [5.74, 6) is 0.356. The Kier molecular flexibility index (Phi) is 7.21. The summed E-state index contributed by atoms with van der Waals surface area (Å²) in [5.41, 5.74) is 3.36. The summed E-state index contributed by atoms with van der Waals surface area (Å²) >= 11 is 0. The van der Waals surface area contributed by atoms with E-state index in [9.17, 15) is 20.0 Å². The van der Waals surface area contributed by atoms with Gasteiger partial charge in [-0.3, -0.25) is 4.90 Å². The molecule has 0 saturated carbocycles. The van der Waals surface area contributed by atoms with Crippen LogP contribution in [0.2, 0.25) is 0 Å². The van der Waals surface area contributed by atoms with E-state index < -0.39 is 17.8 Å². The van der Waals surface area contributed by atoms with Gasteiger partial charge in [-0.2, -0.15) is 5.26 Å². The molecule has 1 saturated heterocycles. The zero-order valence-electron chi connectivity index (χ0n) is 21.5. The lowest BCUT2D eigenvalue weighted by molar-refractivity contribution is 0.0574. The van der Waals surface area contributed by atoms with Crippen LogP contribution in [0.15, 0.2) is 54.6 Å². The molecule has 1 N–H and O–H groups in total. The van der Waals surface area contributed by atoms with E-state index >= 15 is 0 Å². The Morgan fingerprint density at radius 1 is 1.16 bits per heavy atom. The van der Waals surface area contributed by atoms with Crippen LogP contribution in [0.4, 0.5) is 15.4 Å². The molecule has 0 radical (unpaired) electrons. The highest BCUT2D eigenvalue weighted by molar-refractivity contribution is 5.88. The van der Waals surface area contributed by atoms with Crippen molar-refractivity contribution in [2.24, 2.45) is 5.92 Å². The van der Waals surface area contributed by atoms with Crippen molar-refractivity contribution in [3.05, 3.63) is 65.7 Å². The van der Waals surface area contributed by atoms with Crippen LogP contribution < -0.4 is 4.90 Å². The number of aryl methyl sites for hydroxylation is 1. The number of likely N-dealkylation sites (tertiary alicyclic amines) is 1. The topological polar surface area (TPSA) is 112 Å². The molecule has 37 heavy (non-hydrogen) atoms. The van der Waals surface area contributed by atoms with Gasteiger partial charge in [-0.05, 0) is 64.3 Å². The lowest BCUT2D eigenvalue weighted by Gasteiger charge is -2.27. The second-order valence-electron chi connectivity index (χ2n) is 10.3. The molecule has 9 nitrogen and oxygen atoms in total. The van der Waals surface area contributed by atoms with Gasteiger partial charge in [-0.15, -0.1) is 5.10 Å². The number of aromatic nitrogens is 2. The summed E-state index contributed by atoms with van der Waals surface area (Å²) in [5, 5.41) is 23.4. The van der Waals surface area contributed by atoms with E-state index in [2.05, 4.69) is 6.07 Å². The van der Waals surface area contributed by atoms with Crippen LogP contribution >= 0.6 is 0 Å². The Balaban J connectivity index is 1.77. The van der Waals surface area contributed by atoms with Gasteiger partial charge in [0.25, 0.3) is 0 Å². The van der Waals surface area contributed by atoms with Crippen molar-refractivity contribution >= 4 is 18.0 Å². The van der Waals surface area contributed by atoms with E-state index in [1.165, 1.54) is 9.80 Å². The molecule has 192 valence electrons. The normalized spacial score (nSPS) is 15.3. The summed E-state index contributed by atoms with van der Waals surface area (Å²) in [4.78, 5) is 27.7. The first-order valence-electron chi connectivity index (χ1n) is 12.2. The SMILES string of the molecule is Cc1ccc(-c2cc(N(C[C@H]3CCN(C(=O)O)C3)C(=O)OC(C)(C)C)nn2-c2ccc(C#N)cc2)cc1. The minimum absolute atomic E-state index is 0.0495. The Morgan fingerprint density at radius 2 is 1.84 bits per heavy atom. The summed E-state index contributed by atoms with van der Waals surface area (Å²) in [7, 11) is 0. The highest BCUT2D eigenvalue weighted by atomic mass is 16.6. The molecule has 0 bridgehead atoms. The van der Waals surface area contributed by atoms with E-state index in [4.69, 9.17) is 9.84 Å². The zero-order valence-corrected chi connectivity index (χ0v) is 21.5. The van der Waals surface area contributed by atoms with Crippen LogP contribution in [0.1, 0.15) is 38.3 Å². The van der Waals surface area contributed by atoms with Crippen molar-refractivity contribution in [3.8, 4) is 23.0 Å². The van der Waals surface area contributed by atoms with Crippen LogP contribution in [-0.2, 0) is 4.74 Å². The van der Waals surface area contributed by atoms with Crippen molar-refractivity contribution < 1.29 is 19.4 Å². The number of ether oxygens (including phenoxy) is 1. The molecule has 1 fully saturated rings. The van der Waals surface area contributed by atoms with Crippen molar-refractivity contribution in [3.63, 3.8) is 0 Å². The Morgan fingerprint density at radius 3 is 2.41 bits per heavy atom. The first-order chi connectivity index (χ1) is 17.5. The number of nitriles is 1. The van der Waals surface area contributed by atoms with Crippen molar-refractivity contribution in [2.45, 2.75) is 39.7 Å². The van der Waals surface area contributed by atoms with E-state index in [0.717, 1.165) is 22.5 Å². The molecular weight excluding hydrogens is 470 g/mol. The second kappa shape index (κ2) is 10.3. The molecule has 1 atom stereocenters. The van der Waals surface area contributed by atoms with Gasteiger partial charge in [-0.1, -0.05) is 29.8 Å². The first-order valence-corrected chi connectivity index (χ1v) is 12.2. The number of hydrogen-bond donors (Lipinski definition) is 1. The average Bonchev–Trinajstić information content (AvgIpc) is 3.50. The minimum atomic E-state index is -0.960. The number of amides is 2. The Labute approximate surface area is 216 Å². The number of carbonyl (C=O) groups is 2. The fraction of sp³-hybridized carbons (Fsp3) is 0.357. The van der Waals surface area contributed by atoms with Crippen LogP contribution in [0.3, 0.4) is 0 Å². The van der Waals surface area contributed by atoms with Gasteiger partial charge in [0.2, 0.25) is 0 Å². The molecule has 4 rings (SSSR count). The fourth-order valence-electron chi connectivity index (χ4n) is 4.30. The minimum Gasteiger partial charge on any atom is -0.465 e. The smallest absolute Gasteiger partial charge is 0.416 e. The van der Waals surface area contributed by atoms with Crippen LogP contribution in [-0.4, -0.2) is 57.2 Å². The Bertz CT molecular complexity index is 1320. The molecule has 9 heteroatoms. The van der Waals surface area contributed by atoms with Crippen LogP contribution in [0, 0.1) is 24.2 Å².